The van der Waals surface area contributed by atoms with Crippen LogP contribution < -0.4 is 4.31 Å². The average molecular weight is 343 g/mol. The summed E-state index contributed by atoms with van der Waals surface area (Å²) >= 11 is 0. The maximum atomic E-state index is 12.9. The average Bonchev–Trinajstić information content (AvgIpc) is 2.59. The standard InChI is InChI=1S/C18H17NO4S/c20-18(21)12-9-14-7-10-16(11-8-14)24(22,23)19-13-3-5-15-4-1-2-6-17(15)19/h1-2,4,6-12H,3,5,13H2,(H,20,21). The number of anilines is 1. The molecule has 1 aliphatic rings. The van der Waals surface area contributed by atoms with Crippen LogP contribution in [0.4, 0.5) is 5.69 Å². The van der Waals surface area contributed by atoms with Crippen LogP contribution in [0, 0.1) is 0 Å². The van der Waals surface area contributed by atoms with E-state index in [0.717, 1.165) is 30.2 Å². The monoisotopic (exact) mass is 343 g/mol. The molecule has 24 heavy (non-hydrogen) atoms. The maximum absolute atomic E-state index is 12.9. The van der Waals surface area contributed by atoms with E-state index in [-0.39, 0.29) is 4.90 Å². The number of fused-ring (bicyclic) bond motifs is 1. The van der Waals surface area contributed by atoms with Crippen LogP contribution in [0.25, 0.3) is 6.08 Å². The number of nitrogens with zero attached hydrogens (tertiary/aromatic N) is 1. The van der Waals surface area contributed by atoms with Crippen LogP contribution in [0.3, 0.4) is 0 Å². The molecule has 0 saturated carbocycles. The molecule has 0 spiro atoms. The van der Waals surface area contributed by atoms with Gasteiger partial charge in [-0.25, -0.2) is 13.2 Å². The zero-order chi connectivity index (χ0) is 17.2. The Morgan fingerprint density at radius 1 is 1.08 bits per heavy atom. The second-order valence-electron chi connectivity index (χ2n) is 5.55. The quantitative estimate of drug-likeness (QED) is 0.866. The summed E-state index contributed by atoms with van der Waals surface area (Å²) in [6, 6.07) is 13.8. The smallest absolute Gasteiger partial charge is 0.328 e. The van der Waals surface area contributed by atoms with E-state index in [1.165, 1.54) is 22.5 Å². The molecule has 5 nitrogen and oxygen atoms in total. The molecule has 0 atom stereocenters. The number of sulfonamides is 1. The number of rotatable bonds is 4. The SMILES string of the molecule is O=C(O)C=Cc1ccc(S(=O)(=O)N2CCCc3ccccc32)cc1. The zero-order valence-electron chi connectivity index (χ0n) is 12.9. The van der Waals surface area contributed by atoms with Gasteiger partial charge in [0.05, 0.1) is 10.6 Å². The van der Waals surface area contributed by atoms with Gasteiger partial charge in [0.25, 0.3) is 10.0 Å². The summed E-state index contributed by atoms with van der Waals surface area (Å²) < 4.78 is 27.3. The summed E-state index contributed by atoms with van der Waals surface area (Å²) in [4.78, 5) is 10.7. The molecule has 1 N–H and O–H groups in total. The van der Waals surface area contributed by atoms with E-state index >= 15 is 0 Å². The lowest BCUT2D eigenvalue weighted by Crippen LogP contribution is -2.35. The predicted molar refractivity (Wildman–Crippen MR) is 92.4 cm³/mol. The minimum absolute atomic E-state index is 0.201. The Bertz CT molecular complexity index is 885. The van der Waals surface area contributed by atoms with Crippen molar-refractivity contribution in [2.24, 2.45) is 0 Å². The molecule has 0 aromatic heterocycles. The molecule has 0 aliphatic carbocycles. The fraction of sp³-hybridized carbons (Fsp3) is 0.167. The van der Waals surface area contributed by atoms with E-state index in [4.69, 9.17) is 5.11 Å². The van der Waals surface area contributed by atoms with Crippen LogP contribution >= 0.6 is 0 Å². The van der Waals surface area contributed by atoms with Crippen LogP contribution in [0.15, 0.2) is 59.5 Å². The second kappa shape index (κ2) is 6.49. The highest BCUT2D eigenvalue weighted by Gasteiger charge is 2.28. The summed E-state index contributed by atoms with van der Waals surface area (Å²) in [5.41, 5.74) is 2.40. The van der Waals surface area contributed by atoms with Gasteiger partial charge < -0.3 is 5.11 Å². The highest BCUT2D eigenvalue weighted by atomic mass is 32.2. The molecule has 2 aromatic rings. The van der Waals surface area contributed by atoms with Crippen molar-refractivity contribution in [2.45, 2.75) is 17.7 Å². The normalized spacial score (nSPS) is 14.6. The van der Waals surface area contributed by atoms with Crippen molar-refractivity contribution in [3.05, 3.63) is 65.7 Å². The number of hydrogen-bond donors (Lipinski definition) is 1. The van der Waals surface area contributed by atoms with Gasteiger partial charge >= 0.3 is 5.97 Å². The van der Waals surface area contributed by atoms with Gasteiger partial charge in [0, 0.05) is 12.6 Å². The van der Waals surface area contributed by atoms with Crippen molar-refractivity contribution in [1.82, 2.24) is 0 Å². The first kappa shape index (κ1) is 16.3. The molecule has 124 valence electrons. The Kier molecular flexibility index (Phi) is 4.40. The first-order chi connectivity index (χ1) is 11.5. The Labute approximate surface area is 140 Å². The Morgan fingerprint density at radius 3 is 2.50 bits per heavy atom. The van der Waals surface area contributed by atoms with Crippen LogP contribution in [0.1, 0.15) is 17.5 Å². The van der Waals surface area contributed by atoms with Gasteiger partial charge in [-0.15, -0.1) is 0 Å². The first-order valence-corrected chi connectivity index (χ1v) is 9.04. The van der Waals surface area contributed by atoms with Crippen molar-refractivity contribution >= 4 is 27.8 Å². The van der Waals surface area contributed by atoms with E-state index in [9.17, 15) is 13.2 Å². The van der Waals surface area contributed by atoms with Crippen molar-refractivity contribution < 1.29 is 18.3 Å². The van der Waals surface area contributed by atoms with Gasteiger partial charge in [-0.1, -0.05) is 30.3 Å². The fourth-order valence-corrected chi connectivity index (χ4v) is 4.34. The minimum atomic E-state index is -3.63. The molecular weight excluding hydrogens is 326 g/mol. The second-order valence-corrected chi connectivity index (χ2v) is 7.41. The number of aryl methyl sites for hydroxylation is 1. The lowest BCUT2D eigenvalue weighted by Gasteiger charge is -2.30. The summed E-state index contributed by atoms with van der Waals surface area (Å²) in [5.74, 6) is -1.04. The molecule has 0 bridgehead atoms. The van der Waals surface area contributed by atoms with Gasteiger partial charge in [0.15, 0.2) is 0 Å². The van der Waals surface area contributed by atoms with Gasteiger partial charge in [-0.2, -0.15) is 0 Å². The first-order valence-electron chi connectivity index (χ1n) is 7.60. The molecule has 0 saturated heterocycles. The third-order valence-corrected chi connectivity index (χ3v) is 5.78. The number of aliphatic carboxylic acids is 1. The Morgan fingerprint density at radius 2 is 1.79 bits per heavy atom. The molecule has 0 radical (unpaired) electrons. The maximum Gasteiger partial charge on any atom is 0.328 e. The minimum Gasteiger partial charge on any atom is -0.478 e. The molecule has 0 unspecified atom stereocenters. The molecule has 2 aromatic carbocycles. The van der Waals surface area contributed by atoms with Gasteiger partial charge in [-0.05, 0) is 48.2 Å². The predicted octanol–water partition coefficient (Wildman–Crippen LogP) is 2.93. The van der Waals surface area contributed by atoms with Gasteiger partial charge in [0.1, 0.15) is 0 Å². The number of para-hydroxylation sites is 1. The number of carboxylic acids is 1. The topological polar surface area (TPSA) is 74.7 Å². The lowest BCUT2D eigenvalue weighted by atomic mass is 10.0. The van der Waals surface area contributed by atoms with Crippen LogP contribution in [0.2, 0.25) is 0 Å². The molecule has 3 rings (SSSR count). The molecule has 6 heteroatoms. The van der Waals surface area contributed by atoms with Crippen molar-refractivity contribution in [3.8, 4) is 0 Å². The van der Waals surface area contributed by atoms with E-state index in [1.807, 2.05) is 24.3 Å². The molecular formula is C18H17NO4S. The van der Waals surface area contributed by atoms with E-state index in [1.54, 1.807) is 12.1 Å². The van der Waals surface area contributed by atoms with E-state index < -0.39 is 16.0 Å². The largest absolute Gasteiger partial charge is 0.478 e. The van der Waals surface area contributed by atoms with E-state index in [2.05, 4.69) is 0 Å². The van der Waals surface area contributed by atoms with Gasteiger partial charge in [0.2, 0.25) is 0 Å². The van der Waals surface area contributed by atoms with Crippen LogP contribution in [-0.2, 0) is 21.2 Å². The molecule has 0 amide bonds. The molecule has 1 aliphatic heterocycles. The molecule has 1 heterocycles. The number of benzene rings is 2. The Balaban J connectivity index is 1.93. The van der Waals surface area contributed by atoms with Crippen molar-refractivity contribution in [2.75, 3.05) is 10.8 Å². The summed E-state index contributed by atoms with van der Waals surface area (Å²) in [6.07, 6.45) is 4.11. The summed E-state index contributed by atoms with van der Waals surface area (Å²) in [6.45, 7) is 0.458. The Hall–Kier alpha value is -2.60. The van der Waals surface area contributed by atoms with Crippen LogP contribution in [-0.4, -0.2) is 26.0 Å². The number of carbonyl (C=O) groups is 1. The molecule has 0 fully saturated rings. The highest BCUT2D eigenvalue weighted by Crippen LogP contribution is 2.31. The highest BCUT2D eigenvalue weighted by molar-refractivity contribution is 7.92. The summed E-state index contributed by atoms with van der Waals surface area (Å²) in [7, 11) is -3.63. The third kappa shape index (κ3) is 3.19. The van der Waals surface area contributed by atoms with Gasteiger partial charge in [-0.3, -0.25) is 4.31 Å². The zero-order valence-corrected chi connectivity index (χ0v) is 13.7. The van der Waals surface area contributed by atoms with Crippen LogP contribution in [0.5, 0.6) is 0 Å². The fourth-order valence-electron chi connectivity index (χ4n) is 2.79. The number of carboxylic acid groups (broad SMARTS) is 1. The number of hydrogen-bond acceptors (Lipinski definition) is 3. The lowest BCUT2D eigenvalue weighted by molar-refractivity contribution is -0.131. The summed E-state index contributed by atoms with van der Waals surface area (Å²) in [5, 5.41) is 8.63. The van der Waals surface area contributed by atoms with Crippen molar-refractivity contribution in [3.63, 3.8) is 0 Å². The third-order valence-electron chi connectivity index (χ3n) is 3.95. The van der Waals surface area contributed by atoms with Crippen molar-refractivity contribution in [1.29, 1.82) is 0 Å². The van der Waals surface area contributed by atoms with E-state index in [0.29, 0.717) is 12.1 Å².